The standard InChI is InChI=1S/C14H12F3N3O3/c1-23-13(22)9-2-4-10(5-3-9)18-12(21)8-20-7-6-11(19-20)14(15,16)17/h2-7H,8H2,1H3,(H,18,21). The van der Waals surface area contributed by atoms with E-state index in [1.54, 1.807) is 0 Å². The summed E-state index contributed by atoms with van der Waals surface area (Å²) in [5, 5.41) is 5.77. The molecule has 2 aromatic rings. The molecule has 1 N–H and O–H groups in total. The smallest absolute Gasteiger partial charge is 0.435 e. The molecule has 0 radical (unpaired) electrons. The van der Waals surface area contributed by atoms with Crippen LogP contribution in [0.4, 0.5) is 18.9 Å². The summed E-state index contributed by atoms with van der Waals surface area (Å²) in [5.41, 5.74) is -0.356. The average molecular weight is 327 g/mol. The maximum Gasteiger partial charge on any atom is 0.435 e. The topological polar surface area (TPSA) is 73.2 Å². The van der Waals surface area contributed by atoms with Crippen LogP contribution in [0.2, 0.25) is 0 Å². The first-order valence-electron chi connectivity index (χ1n) is 6.38. The first kappa shape index (κ1) is 16.5. The maximum absolute atomic E-state index is 12.4. The van der Waals surface area contributed by atoms with E-state index in [0.29, 0.717) is 11.3 Å². The Morgan fingerprint density at radius 1 is 1.22 bits per heavy atom. The summed E-state index contributed by atoms with van der Waals surface area (Å²) in [6, 6.07) is 6.66. The molecular weight excluding hydrogens is 315 g/mol. The Morgan fingerprint density at radius 3 is 2.39 bits per heavy atom. The molecule has 0 fully saturated rings. The number of hydrogen-bond donors (Lipinski definition) is 1. The van der Waals surface area contributed by atoms with E-state index in [2.05, 4.69) is 15.2 Å². The second kappa shape index (κ2) is 6.51. The van der Waals surface area contributed by atoms with E-state index in [4.69, 9.17) is 0 Å². The summed E-state index contributed by atoms with van der Waals surface area (Å²) in [5.74, 6) is -1.06. The molecule has 0 spiro atoms. The number of alkyl halides is 3. The van der Waals surface area contributed by atoms with Crippen LogP contribution in [0.1, 0.15) is 16.1 Å². The number of nitrogens with zero attached hydrogens (tertiary/aromatic N) is 2. The monoisotopic (exact) mass is 327 g/mol. The summed E-state index contributed by atoms with van der Waals surface area (Å²) in [6.07, 6.45) is -3.48. The Balaban J connectivity index is 1.97. The van der Waals surface area contributed by atoms with Gasteiger partial charge < -0.3 is 10.1 Å². The number of esters is 1. The zero-order chi connectivity index (χ0) is 17.0. The van der Waals surface area contributed by atoms with Crippen molar-refractivity contribution in [2.75, 3.05) is 12.4 Å². The number of amides is 1. The van der Waals surface area contributed by atoms with Gasteiger partial charge in [-0.2, -0.15) is 18.3 Å². The van der Waals surface area contributed by atoms with Crippen molar-refractivity contribution in [3.8, 4) is 0 Å². The molecular formula is C14H12F3N3O3. The molecule has 122 valence electrons. The Labute approximate surface area is 128 Å². The van der Waals surface area contributed by atoms with Crippen LogP contribution in [0.25, 0.3) is 0 Å². The van der Waals surface area contributed by atoms with Gasteiger partial charge in [-0.3, -0.25) is 9.48 Å². The van der Waals surface area contributed by atoms with E-state index < -0.39 is 23.7 Å². The second-order valence-electron chi connectivity index (χ2n) is 4.51. The van der Waals surface area contributed by atoms with Crippen LogP contribution in [0.3, 0.4) is 0 Å². The summed E-state index contributed by atoms with van der Waals surface area (Å²) in [7, 11) is 1.25. The van der Waals surface area contributed by atoms with Gasteiger partial charge in [-0.1, -0.05) is 0 Å². The minimum absolute atomic E-state index is 0.312. The minimum atomic E-state index is -4.55. The van der Waals surface area contributed by atoms with Crippen molar-refractivity contribution in [2.45, 2.75) is 12.7 Å². The average Bonchev–Trinajstić information content (AvgIpc) is 2.95. The third-order valence-corrected chi connectivity index (χ3v) is 2.83. The van der Waals surface area contributed by atoms with Crippen molar-refractivity contribution >= 4 is 17.6 Å². The Kier molecular flexibility index (Phi) is 4.68. The number of carbonyl (C=O) groups excluding carboxylic acids is 2. The van der Waals surface area contributed by atoms with Crippen LogP contribution < -0.4 is 5.32 Å². The first-order valence-corrected chi connectivity index (χ1v) is 6.38. The molecule has 0 aliphatic carbocycles. The van der Waals surface area contributed by atoms with Crippen molar-refractivity contribution in [2.24, 2.45) is 0 Å². The highest BCUT2D eigenvalue weighted by molar-refractivity contribution is 5.92. The highest BCUT2D eigenvalue weighted by atomic mass is 19.4. The van der Waals surface area contributed by atoms with Crippen LogP contribution in [0, 0.1) is 0 Å². The number of halogens is 3. The molecule has 1 aromatic heterocycles. The fourth-order valence-electron chi connectivity index (χ4n) is 1.76. The maximum atomic E-state index is 12.4. The van der Waals surface area contributed by atoms with Crippen molar-refractivity contribution < 1.29 is 27.5 Å². The minimum Gasteiger partial charge on any atom is -0.465 e. The van der Waals surface area contributed by atoms with Crippen molar-refractivity contribution in [1.29, 1.82) is 0 Å². The molecule has 0 aliphatic heterocycles. The number of hydrogen-bond acceptors (Lipinski definition) is 4. The van der Waals surface area contributed by atoms with Gasteiger partial charge in [0.25, 0.3) is 0 Å². The lowest BCUT2D eigenvalue weighted by molar-refractivity contribution is -0.141. The molecule has 1 aromatic carbocycles. The number of rotatable bonds is 4. The number of anilines is 1. The van der Waals surface area contributed by atoms with Gasteiger partial charge in [-0.05, 0) is 30.3 Å². The fourth-order valence-corrected chi connectivity index (χ4v) is 1.76. The number of nitrogens with one attached hydrogen (secondary N) is 1. The van der Waals surface area contributed by atoms with Gasteiger partial charge in [0, 0.05) is 11.9 Å². The highest BCUT2D eigenvalue weighted by Gasteiger charge is 2.33. The van der Waals surface area contributed by atoms with E-state index in [1.165, 1.54) is 31.4 Å². The van der Waals surface area contributed by atoms with Gasteiger partial charge in [0.15, 0.2) is 5.69 Å². The summed E-state index contributed by atoms with van der Waals surface area (Å²) >= 11 is 0. The fraction of sp³-hybridized carbons (Fsp3) is 0.214. The van der Waals surface area contributed by atoms with Crippen molar-refractivity contribution in [1.82, 2.24) is 9.78 Å². The number of methoxy groups -OCH3 is 1. The van der Waals surface area contributed by atoms with E-state index in [0.717, 1.165) is 16.9 Å². The highest BCUT2D eigenvalue weighted by Crippen LogP contribution is 2.27. The van der Waals surface area contributed by atoms with E-state index in [9.17, 15) is 22.8 Å². The number of carbonyl (C=O) groups is 2. The molecule has 23 heavy (non-hydrogen) atoms. The molecule has 0 saturated heterocycles. The van der Waals surface area contributed by atoms with Crippen LogP contribution in [0.15, 0.2) is 36.5 Å². The predicted octanol–water partition coefficient (Wildman–Crippen LogP) is 2.33. The molecule has 0 bridgehead atoms. The van der Waals surface area contributed by atoms with Crippen LogP contribution >= 0.6 is 0 Å². The van der Waals surface area contributed by atoms with Crippen molar-refractivity contribution in [3.63, 3.8) is 0 Å². The summed E-state index contributed by atoms with van der Waals surface area (Å²) in [6.45, 7) is -0.366. The van der Waals surface area contributed by atoms with Gasteiger partial charge in [-0.25, -0.2) is 4.79 Å². The third kappa shape index (κ3) is 4.31. The molecule has 0 unspecified atom stereocenters. The first-order chi connectivity index (χ1) is 10.8. The lowest BCUT2D eigenvalue weighted by Gasteiger charge is -2.06. The quantitative estimate of drug-likeness (QED) is 0.875. The third-order valence-electron chi connectivity index (χ3n) is 2.83. The lowest BCUT2D eigenvalue weighted by Crippen LogP contribution is -2.19. The molecule has 1 amide bonds. The molecule has 2 rings (SSSR count). The lowest BCUT2D eigenvalue weighted by atomic mass is 10.2. The molecule has 1 heterocycles. The van der Waals surface area contributed by atoms with E-state index in [1.807, 2.05) is 0 Å². The zero-order valence-electron chi connectivity index (χ0n) is 11.9. The number of benzene rings is 1. The van der Waals surface area contributed by atoms with Crippen LogP contribution in [-0.2, 0) is 22.3 Å². The Morgan fingerprint density at radius 2 is 1.87 bits per heavy atom. The van der Waals surface area contributed by atoms with Gasteiger partial charge in [-0.15, -0.1) is 0 Å². The largest absolute Gasteiger partial charge is 0.465 e. The molecule has 9 heteroatoms. The van der Waals surface area contributed by atoms with Gasteiger partial charge in [0.2, 0.25) is 5.91 Å². The zero-order valence-corrected chi connectivity index (χ0v) is 11.9. The Hall–Kier alpha value is -2.84. The van der Waals surface area contributed by atoms with Gasteiger partial charge in [0.05, 0.1) is 12.7 Å². The molecule has 0 aliphatic rings. The molecule has 0 saturated carbocycles. The normalized spacial score (nSPS) is 11.1. The SMILES string of the molecule is COC(=O)c1ccc(NC(=O)Cn2ccc(C(F)(F)F)n2)cc1. The van der Waals surface area contributed by atoms with Gasteiger partial charge >= 0.3 is 12.1 Å². The molecule has 6 nitrogen and oxygen atoms in total. The Bertz CT molecular complexity index is 708. The second-order valence-corrected chi connectivity index (χ2v) is 4.51. The predicted molar refractivity (Wildman–Crippen MR) is 73.6 cm³/mol. The summed E-state index contributed by atoms with van der Waals surface area (Å²) in [4.78, 5) is 23.0. The van der Waals surface area contributed by atoms with Crippen molar-refractivity contribution in [3.05, 3.63) is 47.8 Å². The number of ether oxygens (including phenoxy) is 1. The number of aromatic nitrogens is 2. The summed E-state index contributed by atoms with van der Waals surface area (Å²) < 4.78 is 42.6. The van der Waals surface area contributed by atoms with Crippen LogP contribution in [0.5, 0.6) is 0 Å². The van der Waals surface area contributed by atoms with Gasteiger partial charge in [0.1, 0.15) is 6.54 Å². The molecule has 0 atom stereocenters. The van der Waals surface area contributed by atoms with E-state index in [-0.39, 0.29) is 6.54 Å². The van der Waals surface area contributed by atoms with Crippen LogP contribution in [-0.4, -0.2) is 28.8 Å². The van der Waals surface area contributed by atoms with E-state index >= 15 is 0 Å².